The molecule has 6 aromatic rings. The highest BCUT2D eigenvalue weighted by Gasteiger charge is 2.32. The van der Waals surface area contributed by atoms with Gasteiger partial charge in [0.25, 0.3) is 0 Å². The predicted molar refractivity (Wildman–Crippen MR) is 141 cm³/mol. The van der Waals surface area contributed by atoms with Crippen LogP contribution in [0.15, 0.2) is 97.1 Å². The van der Waals surface area contributed by atoms with Gasteiger partial charge in [-0.25, -0.2) is 9.97 Å². The summed E-state index contributed by atoms with van der Waals surface area (Å²) in [5.74, 6) is 0.710. The van der Waals surface area contributed by atoms with Crippen molar-refractivity contribution in [3.63, 3.8) is 0 Å². The molecule has 0 bridgehead atoms. The summed E-state index contributed by atoms with van der Waals surface area (Å²) < 4.78 is 2.21. The summed E-state index contributed by atoms with van der Waals surface area (Å²) in [6.07, 6.45) is 4.40. The van der Waals surface area contributed by atoms with Gasteiger partial charge < -0.3 is 0 Å². The van der Waals surface area contributed by atoms with Crippen LogP contribution in [0.1, 0.15) is 25.1 Å². The van der Waals surface area contributed by atoms with Crippen molar-refractivity contribution in [1.82, 2.24) is 14.5 Å². The van der Waals surface area contributed by atoms with E-state index < -0.39 is 0 Å². The summed E-state index contributed by atoms with van der Waals surface area (Å²) in [6.45, 7) is 4.49. The van der Waals surface area contributed by atoms with Crippen LogP contribution in [0.2, 0.25) is 0 Å². The minimum atomic E-state index is -0.138. The van der Waals surface area contributed by atoms with Crippen molar-refractivity contribution < 1.29 is 0 Å². The number of nitrogens with zero attached hydrogens (tertiary/aromatic N) is 3. The monoisotopic (exact) mass is 437 g/mol. The molecule has 0 atom stereocenters. The second-order valence-electron chi connectivity index (χ2n) is 9.58. The van der Waals surface area contributed by atoms with Crippen molar-refractivity contribution in [2.24, 2.45) is 0 Å². The Morgan fingerprint density at radius 2 is 1.26 bits per heavy atom. The lowest BCUT2D eigenvalue weighted by Crippen LogP contribution is -2.16. The molecule has 0 radical (unpaired) electrons. The first-order valence-corrected chi connectivity index (χ1v) is 11.7. The maximum Gasteiger partial charge on any atom is 0.235 e. The fourth-order valence-electron chi connectivity index (χ4n) is 5.46. The highest BCUT2D eigenvalue weighted by atomic mass is 15.2. The maximum absolute atomic E-state index is 5.31. The van der Waals surface area contributed by atoms with Crippen LogP contribution in [0.3, 0.4) is 0 Å². The molecule has 2 aromatic heterocycles. The summed E-state index contributed by atoms with van der Waals surface area (Å²) >= 11 is 0. The van der Waals surface area contributed by atoms with Crippen LogP contribution < -0.4 is 0 Å². The second kappa shape index (κ2) is 6.88. The van der Waals surface area contributed by atoms with Crippen molar-refractivity contribution in [2.75, 3.05) is 0 Å². The largest absolute Gasteiger partial charge is 0.278 e. The van der Waals surface area contributed by atoms with Crippen LogP contribution in [-0.4, -0.2) is 14.5 Å². The van der Waals surface area contributed by atoms with Gasteiger partial charge in [0.2, 0.25) is 5.95 Å². The van der Waals surface area contributed by atoms with Crippen LogP contribution in [0, 0.1) is 0 Å². The van der Waals surface area contributed by atoms with Gasteiger partial charge in [-0.3, -0.25) is 4.57 Å². The van der Waals surface area contributed by atoms with Gasteiger partial charge in [-0.1, -0.05) is 98.8 Å². The van der Waals surface area contributed by atoms with Gasteiger partial charge in [-0.2, -0.15) is 0 Å². The average molecular weight is 438 g/mol. The number of fused-ring (bicyclic) bond motifs is 5. The molecule has 1 aliphatic rings. The maximum atomic E-state index is 5.31. The molecule has 0 saturated carbocycles. The molecule has 3 nitrogen and oxygen atoms in total. The van der Waals surface area contributed by atoms with Crippen LogP contribution >= 0.6 is 0 Å². The number of allylic oxidation sites excluding steroid dienone is 1. The first-order chi connectivity index (χ1) is 16.6. The zero-order chi connectivity index (χ0) is 22.9. The molecule has 1 aliphatic carbocycles. The first kappa shape index (κ1) is 19.2. The van der Waals surface area contributed by atoms with Crippen LogP contribution in [0.4, 0.5) is 0 Å². The van der Waals surface area contributed by atoms with E-state index in [1.165, 1.54) is 27.1 Å². The van der Waals surface area contributed by atoms with Crippen molar-refractivity contribution in [2.45, 2.75) is 19.3 Å². The zero-order valence-electron chi connectivity index (χ0n) is 19.2. The Balaban J connectivity index is 1.61. The minimum absolute atomic E-state index is 0.138. The van der Waals surface area contributed by atoms with E-state index in [1.807, 2.05) is 0 Å². The number of hydrogen-bond donors (Lipinski definition) is 0. The average Bonchev–Trinajstić information content (AvgIpc) is 3.37. The third kappa shape index (κ3) is 2.64. The molecular formula is C31H23N3. The summed E-state index contributed by atoms with van der Waals surface area (Å²) in [4.78, 5) is 10.4. The van der Waals surface area contributed by atoms with Crippen LogP contribution in [-0.2, 0) is 5.41 Å². The fourth-order valence-corrected chi connectivity index (χ4v) is 5.46. The van der Waals surface area contributed by atoms with Crippen molar-refractivity contribution in [1.29, 1.82) is 0 Å². The normalized spacial score (nSPS) is 14.3. The first-order valence-electron chi connectivity index (χ1n) is 11.7. The molecular weight excluding hydrogens is 414 g/mol. The van der Waals surface area contributed by atoms with E-state index in [-0.39, 0.29) is 5.41 Å². The van der Waals surface area contributed by atoms with Gasteiger partial charge in [0.05, 0.1) is 22.4 Å². The van der Waals surface area contributed by atoms with Crippen LogP contribution in [0.5, 0.6) is 0 Å². The number of hydrogen-bond acceptors (Lipinski definition) is 2. The highest BCUT2D eigenvalue weighted by Crippen LogP contribution is 2.43. The molecule has 0 saturated heterocycles. The number of rotatable bonds is 2. The molecule has 4 aromatic carbocycles. The Morgan fingerprint density at radius 1 is 0.647 bits per heavy atom. The van der Waals surface area contributed by atoms with Gasteiger partial charge in [-0.15, -0.1) is 0 Å². The topological polar surface area (TPSA) is 30.7 Å². The van der Waals surface area contributed by atoms with E-state index in [2.05, 4.69) is 122 Å². The van der Waals surface area contributed by atoms with E-state index in [0.29, 0.717) is 5.95 Å². The van der Waals surface area contributed by atoms with Gasteiger partial charge in [-0.05, 0) is 29.0 Å². The Labute approximate surface area is 198 Å². The lowest BCUT2D eigenvalue weighted by molar-refractivity contribution is 0.677. The predicted octanol–water partition coefficient (Wildman–Crippen LogP) is 7.70. The lowest BCUT2D eigenvalue weighted by atomic mass is 9.84. The SMILES string of the molecule is CC1(C)C=Cc2nc(-n3c4ccccc4c4ccccc43)nc(-c3cccc4ccccc34)c21. The summed E-state index contributed by atoms with van der Waals surface area (Å²) in [5, 5.41) is 4.85. The van der Waals surface area contributed by atoms with Crippen molar-refractivity contribution >= 4 is 38.7 Å². The Bertz CT molecular complexity index is 1730. The van der Waals surface area contributed by atoms with Crippen LogP contribution in [0.25, 0.3) is 55.9 Å². The zero-order valence-corrected chi connectivity index (χ0v) is 19.2. The Morgan fingerprint density at radius 3 is 2.00 bits per heavy atom. The van der Waals surface area contributed by atoms with Crippen molar-refractivity contribution in [3.05, 3.63) is 108 Å². The molecule has 0 amide bonds. The Kier molecular flexibility index (Phi) is 3.89. The van der Waals surface area contributed by atoms with Gasteiger partial charge in [0.15, 0.2) is 0 Å². The molecule has 162 valence electrons. The second-order valence-corrected chi connectivity index (χ2v) is 9.58. The molecule has 0 aliphatic heterocycles. The quantitative estimate of drug-likeness (QED) is 0.278. The number of aromatic nitrogens is 3. The highest BCUT2D eigenvalue weighted by molar-refractivity contribution is 6.09. The van der Waals surface area contributed by atoms with E-state index >= 15 is 0 Å². The lowest BCUT2D eigenvalue weighted by Gasteiger charge is -2.22. The van der Waals surface area contributed by atoms with Gasteiger partial charge in [0.1, 0.15) is 0 Å². The van der Waals surface area contributed by atoms with Gasteiger partial charge in [0, 0.05) is 27.3 Å². The molecule has 0 spiro atoms. The molecule has 7 rings (SSSR count). The number of benzene rings is 4. The minimum Gasteiger partial charge on any atom is -0.278 e. The molecule has 0 unspecified atom stereocenters. The molecule has 3 heteroatoms. The van der Waals surface area contributed by atoms with E-state index in [9.17, 15) is 0 Å². The van der Waals surface area contributed by atoms with E-state index in [4.69, 9.17) is 9.97 Å². The Hall–Kier alpha value is -4.24. The summed E-state index contributed by atoms with van der Waals surface area (Å²) in [5.41, 5.74) is 6.45. The molecule has 34 heavy (non-hydrogen) atoms. The summed E-state index contributed by atoms with van der Waals surface area (Å²) in [7, 11) is 0. The van der Waals surface area contributed by atoms with E-state index in [0.717, 1.165) is 28.0 Å². The smallest absolute Gasteiger partial charge is 0.235 e. The number of para-hydroxylation sites is 2. The third-order valence-electron chi connectivity index (χ3n) is 7.05. The molecule has 0 N–H and O–H groups in total. The van der Waals surface area contributed by atoms with Gasteiger partial charge >= 0.3 is 0 Å². The molecule has 0 fully saturated rings. The fraction of sp³-hybridized carbons (Fsp3) is 0.0968. The van der Waals surface area contributed by atoms with Crippen molar-refractivity contribution in [3.8, 4) is 17.2 Å². The summed E-state index contributed by atoms with van der Waals surface area (Å²) in [6, 6.07) is 32.0. The van der Waals surface area contributed by atoms with E-state index in [1.54, 1.807) is 0 Å². The third-order valence-corrected chi connectivity index (χ3v) is 7.05. The standard InChI is InChI=1S/C31H23N3/c1-31(2)19-18-25-28(31)29(24-15-9-11-20-10-3-4-12-21(20)24)33-30(32-25)34-26-16-7-5-13-22(26)23-14-6-8-17-27(23)34/h3-19H,1-2H3. The molecule has 2 heterocycles.